The summed E-state index contributed by atoms with van der Waals surface area (Å²) in [6.07, 6.45) is 2.11. The molecule has 0 amide bonds. The number of hydrogen-bond donors (Lipinski definition) is 1. The number of rotatable bonds is 3. The van der Waals surface area contributed by atoms with Crippen LogP contribution in [0.1, 0.15) is 0 Å². The Labute approximate surface area is 117 Å². The van der Waals surface area contributed by atoms with Gasteiger partial charge in [0.2, 0.25) is 0 Å². The first-order valence-electron chi connectivity index (χ1n) is 6.26. The van der Waals surface area contributed by atoms with Gasteiger partial charge < -0.3 is 4.98 Å². The Balaban J connectivity index is 2.02. The van der Waals surface area contributed by atoms with Crippen molar-refractivity contribution in [1.29, 1.82) is 0 Å². The Morgan fingerprint density at radius 1 is 0.737 bits per heavy atom. The van der Waals surface area contributed by atoms with E-state index in [0.29, 0.717) is 0 Å². The van der Waals surface area contributed by atoms with E-state index in [1.807, 2.05) is 6.07 Å². The molecule has 0 aliphatic carbocycles. The maximum absolute atomic E-state index is 3.51. The first-order chi connectivity index (χ1) is 9.38. The predicted octanol–water partition coefficient (Wildman–Crippen LogP) is 5.07. The van der Waals surface area contributed by atoms with Crippen LogP contribution in [0.4, 0.5) is 0 Å². The van der Waals surface area contributed by atoms with Crippen molar-refractivity contribution in [3.63, 3.8) is 0 Å². The van der Waals surface area contributed by atoms with E-state index in [4.69, 9.17) is 0 Å². The van der Waals surface area contributed by atoms with E-state index >= 15 is 0 Å². The summed E-state index contributed by atoms with van der Waals surface area (Å²) in [6.45, 7) is 0. The summed E-state index contributed by atoms with van der Waals surface area (Å²) in [7, 11) is 0. The molecule has 1 nitrogen and oxygen atoms in total. The van der Waals surface area contributed by atoms with Crippen LogP contribution in [0.3, 0.4) is 0 Å². The molecule has 2 aromatic carbocycles. The fourth-order valence-corrected chi connectivity index (χ4v) is 2.82. The summed E-state index contributed by atoms with van der Waals surface area (Å²) in [4.78, 5) is 4.80. The van der Waals surface area contributed by atoms with Crippen LogP contribution in [0.5, 0.6) is 0 Å². The van der Waals surface area contributed by atoms with Crippen LogP contribution >= 0.6 is 11.8 Å². The second kappa shape index (κ2) is 5.37. The van der Waals surface area contributed by atoms with Gasteiger partial charge in [-0.05, 0) is 30.0 Å². The lowest BCUT2D eigenvalue weighted by atomic mass is 10.1. The molecular weight excluding hydrogens is 250 g/mol. The SMILES string of the molecule is CSc1ccccc1-c1ccc(-c2ccccc2)[nH]1. The van der Waals surface area contributed by atoms with E-state index < -0.39 is 0 Å². The average molecular weight is 265 g/mol. The molecule has 3 aromatic rings. The van der Waals surface area contributed by atoms with Gasteiger partial charge in [0.05, 0.1) is 0 Å². The number of nitrogens with one attached hydrogen (secondary N) is 1. The largest absolute Gasteiger partial charge is 0.355 e. The molecule has 0 spiro atoms. The van der Waals surface area contributed by atoms with Gasteiger partial charge in [-0.15, -0.1) is 11.8 Å². The number of benzene rings is 2. The van der Waals surface area contributed by atoms with E-state index in [1.165, 1.54) is 21.7 Å². The van der Waals surface area contributed by atoms with Crippen LogP contribution in [-0.2, 0) is 0 Å². The summed E-state index contributed by atoms with van der Waals surface area (Å²) in [6, 6.07) is 23.2. The predicted molar refractivity (Wildman–Crippen MR) is 83.4 cm³/mol. The molecule has 94 valence electrons. The molecule has 0 unspecified atom stereocenters. The zero-order valence-electron chi connectivity index (χ0n) is 10.8. The van der Waals surface area contributed by atoms with Gasteiger partial charge in [0, 0.05) is 21.8 Å². The van der Waals surface area contributed by atoms with Crippen LogP contribution in [0.25, 0.3) is 22.5 Å². The molecule has 0 aliphatic heterocycles. The van der Waals surface area contributed by atoms with E-state index in [9.17, 15) is 0 Å². The lowest BCUT2D eigenvalue weighted by molar-refractivity contribution is 1.35. The second-order valence-electron chi connectivity index (χ2n) is 4.35. The zero-order chi connectivity index (χ0) is 13.1. The summed E-state index contributed by atoms with van der Waals surface area (Å²) < 4.78 is 0. The smallest absolute Gasteiger partial charge is 0.0470 e. The number of hydrogen-bond acceptors (Lipinski definition) is 1. The van der Waals surface area contributed by atoms with Crippen molar-refractivity contribution in [2.45, 2.75) is 4.90 Å². The first-order valence-corrected chi connectivity index (χ1v) is 7.49. The van der Waals surface area contributed by atoms with Crippen molar-refractivity contribution in [3.8, 4) is 22.5 Å². The fourth-order valence-electron chi connectivity index (χ4n) is 2.21. The molecule has 0 radical (unpaired) electrons. The number of H-pyrrole nitrogens is 1. The molecule has 2 heteroatoms. The molecule has 0 fully saturated rings. The molecule has 19 heavy (non-hydrogen) atoms. The standard InChI is InChI=1S/C17H15NS/c1-19-17-10-6-5-9-14(17)16-12-11-15(18-16)13-7-3-2-4-8-13/h2-12,18H,1H3. The topological polar surface area (TPSA) is 15.8 Å². The van der Waals surface area contributed by atoms with Crippen LogP contribution in [-0.4, -0.2) is 11.2 Å². The summed E-state index contributed by atoms with van der Waals surface area (Å²) in [5.41, 5.74) is 4.81. The molecule has 0 saturated heterocycles. The van der Waals surface area contributed by atoms with E-state index in [1.54, 1.807) is 11.8 Å². The highest BCUT2D eigenvalue weighted by Gasteiger charge is 2.06. The minimum absolute atomic E-state index is 1.16. The van der Waals surface area contributed by atoms with Crippen LogP contribution < -0.4 is 0 Å². The van der Waals surface area contributed by atoms with Crippen LogP contribution in [0.2, 0.25) is 0 Å². The molecular formula is C17H15NS. The third-order valence-electron chi connectivity index (χ3n) is 3.17. The molecule has 0 aliphatic rings. The van der Waals surface area contributed by atoms with Crippen LogP contribution in [0.15, 0.2) is 71.6 Å². The molecule has 1 heterocycles. The summed E-state index contributed by atoms with van der Waals surface area (Å²) in [5, 5.41) is 0. The van der Waals surface area contributed by atoms with Crippen molar-refractivity contribution in [2.75, 3.05) is 6.26 Å². The van der Waals surface area contributed by atoms with E-state index in [0.717, 1.165) is 5.69 Å². The van der Waals surface area contributed by atoms with Gasteiger partial charge in [-0.2, -0.15) is 0 Å². The summed E-state index contributed by atoms with van der Waals surface area (Å²) in [5.74, 6) is 0. The third kappa shape index (κ3) is 2.45. The highest BCUT2D eigenvalue weighted by molar-refractivity contribution is 7.98. The van der Waals surface area contributed by atoms with Crippen molar-refractivity contribution < 1.29 is 0 Å². The number of aromatic amines is 1. The minimum atomic E-state index is 1.16. The Morgan fingerprint density at radius 2 is 1.42 bits per heavy atom. The van der Waals surface area contributed by atoms with Gasteiger partial charge >= 0.3 is 0 Å². The van der Waals surface area contributed by atoms with Gasteiger partial charge in [-0.3, -0.25) is 0 Å². The average Bonchev–Trinajstić information content (AvgIpc) is 2.98. The third-order valence-corrected chi connectivity index (χ3v) is 3.96. The maximum atomic E-state index is 3.51. The first kappa shape index (κ1) is 12.1. The van der Waals surface area contributed by atoms with Gasteiger partial charge in [0.25, 0.3) is 0 Å². The molecule has 1 N–H and O–H groups in total. The Bertz CT molecular complexity index is 670. The Hall–Kier alpha value is -1.93. The molecule has 0 saturated carbocycles. The Kier molecular flexibility index (Phi) is 3.43. The highest BCUT2D eigenvalue weighted by atomic mass is 32.2. The van der Waals surface area contributed by atoms with Gasteiger partial charge in [0.15, 0.2) is 0 Å². The lowest BCUT2D eigenvalue weighted by Crippen LogP contribution is -1.82. The second-order valence-corrected chi connectivity index (χ2v) is 5.20. The molecule has 3 rings (SSSR count). The van der Waals surface area contributed by atoms with Crippen molar-refractivity contribution >= 4 is 11.8 Å². The monoisotopic (exact) mass is 265 g/mol. The van der Waals surface area contributed by atoms with E-state index in [-0.39, 0.29) is 0 Å². The van der Waals surface area contributed by atoms with E-state index in [2.05, 4.69) is 71.9 Å². The number of aromatic nitrogens is 1. The molecule has 0 atom stereocenters. The molecule has 1 aromatic heterocycles. The van der Waals surface area contributed by atoms with Crippen molar-refractivity contribution in [1.82, 2.24) is 4.98 Å². The lowest BCUT2D eigenvalue weighted by Gasteiger charge is -2.05. The van der Waals surface area contributed by atoms with Crippen molar-refractivity contribution in [2.24, 2.45) is 0 Å². The van der Waals surface area contributed by atoms with Gasteiger partial charge in [-0.1, -0.05) is 48.5 Å². The van der Waals surface area contributed by atoms with Crippen molar-refractivity contribution in [3.05, 3.63) is 66.7 Å². The quantitative estimate of drug-likeness (QED) is 0.654. The number of thioether (sulfide) groups is 1. The van der Waals surface area contributed by atoms with Crippen LogP contribution in [0, 0.1) is 0 Å². The zero-order valence-corrected chi connectivity index (χ0v) is 11.6. The van der Waals surface area contributed by atoms with Gasteiger partial charge in [0.1, 0.15) is 0 Å². The maximum Gasteiger partial charge on any atom is 0.0470 e. The minimum Gasteiger partial charge on any atom is -0.355 e. The van der Waals surface area contributed by atoms with Gasteiger partial charge in [-0.25, -0.2) is 0 Å². The molecule has 0 bridgehead atoms. The Morgan fingerprint density at radius 3 is 2.21 bits per heavy atom. The fraction of sp³-hybridized carbons (Fsp3) is 0.0588. The highest BCUT2D eigenvalue weighted by Crippen LogP contribution is 2.31. The normalized spacial score (nSPS) is 10.6. The summed E-state index contributed by atoms with van der Waals surface area (Å²) >= 11 is 1.78.